The summed E-state index contributed by atoms with van der Waals surface area (Å²) in [6.07, 6.45) is 0.525. The van der Waals surface area contributed by atoms with Gasteiger partial charge in [-0.3, -0.25) is 4.79 Å². The van der Waals surface area contributed by atoms with Gasteiger partial charge in [0.05, 0.1) is 0 Å². The second-order valence-corrected chi connectivity index (χ2v) is 3.79. The second-order valence-electron chi connectivity index (χ2n) is 3.35. The first kappa shape index (κ1) is 13.0. The molecule has 0 saturated carbocycles. The third-order valence-electron chi connectivity index (χ3n) is 2.13. The molecule has 0 spiro atoms. The van der Waals surface area contributed by atoms with Crippen LogP contribution in [0.4, 0.5) is 0 Å². The Balaban J connectivity index is 2.69. The van der Waals surface area contributed by atoms with Crippen LogP contribution in [0.2, 0.25) is 5.02 Å². The third-order valence-corrected chi connectivity index (χ3v) is 2.39. The summed E-state index contributed by atoms with van der Waals surface area (Å²) < 4.78 is 0. The van der Waals surface area contributed by atoms with Crippen molar-refractivity contribution in [1.29, 1.82) is 0 Å². The minimum Gasteiger partial charge on any atom is -0.480 e. The van der Waals surface area contributed by atoms with Gasteiger partial charge in [-0.1, -0.05) is 23.7 Å². The van der Waals surface area contributed by atoms with E-state index in [0.29, 0.717) is 23.6 Å². The first-order valence-corrected chi connectivity index (χ1v) is 5.35. The van der Waals surface area contributed by atoms with Gasteiger partial charge >= 0.3 is 5.97 Å². The average molecular weight is 244 g/mol. The van der Waals surface area contributed by atoms with Crippen molar-refractivity contribution in [3.8, 4) is 0 Å². The molecule has 16 heavy (non-hydrogen) atoms. The fraction of sp³-hybridized carbons (Fsp3) is 0.364. The molecule has 0 aliphatic heterocycles. The monoisotopic (exact) mass is 243 g/mol. The molecule has 4 nitrogen and oxygen atoms in total. The Morgan fingerprint density at radius 1 is 1.38 bits per heavy atom. The van der Waals surface area contributed by atoms with Crippen LogP contribution in [-0.2, 0) is 4.79 Å². The molecule has 1 aromatic rings. The van der Waals surface area contributed by atoms with Crippen molar-refractivity contribution in [1.82, 2.24) is 5.32 Å². The summed E-state index contributed by atoms with van der Waals surface area (Å²) in [5, 5.41) is 21.1. The SMILES string of the molecule is O=C(O)C(NCCCO)c1ccc(Cl)cc1. The number of carboxylic acid groups (broad SMARTS) is 1. The molecule has 0 radical (unpaired) electrons. The molecule has 88 valence electrons. The fourth-order valence-corrected chi connectivity index (χ4v) is 1.45. The summed E-state index contributed by atoms with van der Waals surface area (Å²) in [5.41, 5.74) is 0.648. The highest BCUT2D eigenvalue weighted by atomic mass is 35.5. The van der Waals surface area contributed by atoms with Crippen molar-refractivity contribution in [2.75, 3.05) is 13.2 Å². The third kappa shape index (κ3) is 3.81. The smallest absolute Gasteiger partial charge is 0.325 e. The number of rotatable bonds is 6. The molecule has 1 unspecified atom stereocenters. The maximum atomic E-state index is 11.0. The minimum absolute atomic E-state index is 0.0416. The van der Waals surface area contributed by atoms with Gasteiger partial charge in [0, 0.05) is 11.6 Å². The number of hydrogen-bond acceptors (Lipinski definition) is 3. The van der Waals surface area contributed by atoms with Gasteiger partial charge in [0.2, 0.25) is 0 Å². The minimum atomic E-state index is -0.944. The molecule has 0 bridgehead atoms. The van der Waals surface area contributed by atoms with Crippen LogP contribution in [0, 0.1) is 0 Å². The highest BCUT2D eigenvalue weighted by molar-refractivity contribution is 6.30. The van der Waals surface area contributed by atoms with Crippen LogP contribution in [0.25, 0.3) is 0 Å². The van der Waals surface area contributed by atoms with Gasteiger partial charge in [-0.05, 0) is 30.7 Å². The van der Waals surface area contributed by atoms with Crippen molar-refractivity contribution < 1.29 is 15.0 Å². The summed E-state index contributed by atoms with van der Waals surface area (Å²) in [5.74, 6) is -0.944. The Bertz CT molecular complexity index is 340. The lowest BCUT2D eigenvalue weighted by molar-refractivity contribution is -0.139. The predicted octanol–water partition coefficient (Wildman–Crippen LogP) is 1.44. The van der Waals surface area contributed by atoms with Crippen molar-refractivity contribution in [3.05, 3.63) is 34.9 Å². The molecule has 5 heteroatoms. The number of benzene rings is 1. The molecule has 0 aromatic heterocycles. The number of aliphatic hydroxyl groups is 1. The Hall–Kier alpha value is -1.10. The van der Waals surface area contributed by atoms with E-state index in [0.717, 1.165) is 0 Å². The number of carbonyl (C=O) groups is 1. The average Bonchev–Trinajstić information content (AvgIpc) is 2.26. The molecule has 0 aliphatic rings. The standard InChI is InChI=1S/C11H14ClNO3/c12-9-4-2-8(3-5-9)10(11(15)16)13-6-1-7-14/h2-5,10,13-14H,1,6-7H2,(H,15,16). The molecular weight excluding hydrogens is 230 g/mol. The summed E-state index contributed by atoms with van der Waals surface area (Å²) in [7, 11) is 0. The first-order chi connectivity index (χ1) is 7.65. The van der Waals surface area contributed by atoms with Crippen molar-refractivity contribution in [3.63, 3.8) is 0 Å². The lowest BCUT2D eigenvalue weighted by Crippen LogP contribution is -2.29. The van der Waals surface area contributed by atoms with Gasteiger partial charge in [-0.15, -0.1) is 0 Å². The topological polar surface area (TPSA) is 69.6 Å². The Morgan fingerprint density at radius 3 is 2.50 bits per heavy atom. The van der Waals surface area contributed by atoms with Gasteiger partial charge in [-0.2, -0.15) is 0 Å². The maximum absolute atomic E-state index is 11.0. The molecule has 0 aliphatic carbocycles. The first-order valence-electron chi connectivity index (χ1n) is 4.97. The molecule has 3 N–H and O–H groups in total. The van der Waals surface area contributed by atoms with Crippen LogP contribution >= 0.6 is 11.6 Å². The summed E-state index contributed by atoms with van der Waals surface area (Å²) in [6.45, 7) is 0.496. The molecule has 0 saturated heterocycles. The molecule has 1 aromatic carbocycles. The molecule has 0 fully saturated rings. The number of halogens is 1. The Labute approximate surface area is 98.9 Å². The van der Waals surface area contributed by atoms with Crippen molar-refractivity contribution in [2.45, 2.75) is 12.5 Å². The van der Waals surface area contributed by atoms with Gasteiger partial charge in [0.15, 0.2) is 0 Å². The fourth-order valence-electron chi connectivity index (χ4n) is 1.33. The van der Waals surface area contributed by atoms with E-state index < -0.39 is 12.0 Å². The van der Waals surface area contributed by atoms with Gasteiger partial charge < -0.3 is 15.5 Å². The van der Waals surface area contributed by atoms with E-state index in [1.165, 1.54) is 0 Å². The molecule has 0 heterocycles. The largest absolute Gasteiger partial charge is 0.480 e. The van der Waals surface area contributed by atoms with Crippen LogP contribution in [-0.4, -0.2) is 29.3 Å². The molecular formula is C11H14ClNO3. The Kier molecular flexibility index (Phi) is 5.25. The maximum Gasteiger partial charge on any atom is 0.325 e. The normalized spacial score (nSPS) is 12.4. The summed E-state index contributed by atoms with van der Waals surface area (Å²) in [6, 6.07) is 5.89. The van der Waals surface area contributed by atoms with Gasteiger partial charge in [0.25, 0.3) is 0 Å². The van der Waals surface area contributed by atoms with E-state index in [-0.39, 0.29) is 6.61 Å². The molecule has 0 amide bonds. The lowest BCUT2D eigenvalue weighted by atomic mass is 10.1. The molecule has 1 atom stereocenters. The number of hydrogen-bond donors (Lipinski definition) is 3. The Morgan fingerprint density at radius 2 is 2.00 bits per heavy atom. The highest BCUT2D eigenvalue weighted by Gasteiger charge is 2.18. The number of aliphatic carboxylic acids is 1. The summed E-state index contributed by atoms with van der Waals surface area (Å²) >= 11 is 5.72. The van der Waals surface area contributed by atoms with E-state index in [1.54, 1.807) is 24.3 Å². The van der Waals surface area contributed by atoms with E-state index >= 15 is 0 Å². The number of nitrogens with one attached hydrogen (secondary N) is 1. The number of carboxylic acids is 1. The highest BCUT2D eigenvalue weighted by Crippen LogP contribution is 2.16. The van der Waals surface area contributed by atoms with E-state index in [4.69, 9.17) is 21.8 Å². The quantitative estimate of drug-likeness (QED) is 0.662. The summed E-state index contributed by atoms with van der Waals surface area (Å²) in [4.78, 5) is 11.0. The van der Waals surface area contributed by atoms with Crippen LogP contribution in [0.15, 0.2) is 24.3 Å². The van der Waals surface area contributed by atoms with E-state index in [9.17, 15) is 4.79 Å². The zero-order valence-electron chi connectivity index (χ0n) is 8.69. The lowest BCUT2D eigenvalue weighted by Gasteiger charge is -2.14. The van der Waals surface area contributed by atoms with Crippen LogP contribution in [0.5, 0.6) is 0 Å². The zero-order valence-corrected chi connectivity index (χ0v) is 9.44. The van der Waals surface area contributed by atoms with E-state index in [2.05, 4.69) is 5.32 Å². The van der Waals surface area contributed by atoms with Crippen LogP contribution < -0.4 is 5.32 Å². The van der Waals surface area contributed by atoms with Gasteiger partial charge in [0.1, 0.15) is 6.04 Å². The van der Waals surface area contributed by atoms with Gasteiger partial charge in [-0.25, -0.2) is 0 Å². The van der Waals surface area contributed by atoms with Crippen LogP contribution in [0.3, 0.4) is 0 Å². The molecule has 1 rings (SSSR count). The van der Waals surface area contributed by atoms with Crippen molar-refractivity contribution in [2.24, 2.45) is 0 Å². The second kappa shape index (κ2) is 6.48. The number of aliphatic hydroxyl groups excluding tert-OH is 1. The van der Waals surface area contributed by atoms with Crippen molar-refractivity contribution >= 4 is 17.6 Å². The van der Waals surface area contributed by atoms with Crippen LogP contribution in [0.1, 0.15) is 18.0 Å². The van der Waals surface area contributed by atoms with E-state index in [1.807, 2.05) is 0 Å². The zero-order chi connectivity index (χ0) is 12.0. The predicted molar refractivity (Wildman–Crippen MR) is 61.5 cm³/mol.